The zero-order valence-electron chi connectivity index (χ0n) is 17.3. The topological polar surface area (TPSA) is 66.5 Å². The molecule has 5 nitrogen and oxygen atoms in total. The normalized spacial score (nSPS) is 11.5. The minimum absolute atomic E-state index is 0.150. The van der Waals surface area contributed by atoms with Crippen LogP contribution in [0.25, 0.3) is 0 Å². The van der Waals surface area contributed by atoms with Crippen molar-refractivity contribution in [2.75, 3.05) is 13.1 Å². The van der Waals surface area contributed by atoms with Gasteiger partial charge in [-0.2, -0.15) is 4.31 Å². The van der Waals surface area contributed by atoms with Crippen LogP contribution in [0.1, 0.15) is 16.7 Å². The maximum Gasteiger partial charge on any atom is 0.243 e. The highest BCUT2D eigenvalue weighted by molar-refractivity contribution is 7.89. The van der Waals surface area contributed by atoms with E-state index in [2.05, 4.69) is 5.32 Å². The molecule has 0 saturated carbocycles. The van der Waals surface area contributed by atoms with E-state index in [9.17, 15) is 17.6 Å². The second kappa shape index (κ2) is 10.3. The Kier molecular flexibility index (Phi) is 7.55. The Balaban J connectivity index is 1.73. The van der Waals surface area contributed by atoms with Crippen molar-refractivity contribution in [2.24, 2.45) is 0 Å². The van der Waals surface area contributed by atoms with Crippen molar-refractivity contribution >= 4 is 15.9 Å². The molecular weight excluding hydrogens is 415 g/mol. The average Bonchev–Trinajstić information content (AvgIpc) is 2.77. The van der Waals surface area contributed by atoms with Crippen LogP contribution in [0.2, 0.25) is 0 Å². The van der Waals surface area contributed by atoms with E-state index in [4.69, 9.17) is 0 Å². The van der Waals surface area contributed by atoms with Gasteiger partial charge in [-0.1, -0.05) is 60.2 Å². The minimum atomic E-state index is -3.85. The van der Waals surface area contributed by atoms with Crippen LogP contribution in [0.3, 0.4) is 0 Å². The highest BCUT2D eigenvalue weighted by Gasteiger charge is 2.26. The van der Waals surface area contributed by atoms with Gasteiger partial charge in [0.2, 0.25) is 15.9 Å². The molecule has 3 rings (SSSR count). The number of rotatable bonds is 9. The van der Waals surface area contributed by atoms with Gasteiger partial charge in [0.15, 0.2) is 0 Å². The van der Waals surface area contributed by atoms with Crippen LogP contribution < -0.4 is 5.32 Å². The lowest BCUT2D eigenvalue weighted by Gasteiger charge is -2.22. The number of aryl methyl sites for hydroxylation is 1. The van der Waals surface area contributed by atoms with Crippen LogP contribution in [0.4, 0.5) is 4.39 Å². The molecule has 7 heteroatoms. The Morgan fingerprint density at radius 1 is 0.903 bits per heavy atom. The summed E-state index contributed by atoms with van der Waals surface area (Å²) in [4.78, 5) is 12.7. The molecule has 0 atom stereocenters. The first-order valence-corrected chi connectivity index (χ1v) is 11.4. The van der Waals surface area contributed by atoms with Crippen LogP contribution in [-0.2, 0) is 27.8 Å². The van der Waals surface area contributed by atoms with Gasteiger partial charge < -0.3 is 5.32 Å². The van der Waals surface area contributed by atoms with Crippen molar-refractivity contribution in [1.82, 2.24) is 9.62 Å². The van der Waals surface area contributed by atoms with Gasteiger partial charge >= 0.3 is 0 Å². The summed E-state index contributed by atoms with van der Waals surface area (Å²) in [6.45, 7) is 1.94. The van der Waals surface area contributed by atoms with Crippen molar-refractivity contribution in [1.29, 1.82) is 0 Å². The van der Waals surface area contributed by atoms with Crippen molar-refractivity contribution < 1.29 is 17.6 Å². The number of nitrogens with one attached hydrogen (secondary N) is 1. The van der Waals surface area contributed by atoms with Crippen molar-refractivity contribution in [3.63, 3.8) is 0 Å². The molecule has 0 heterocycles. The number of carbonyl (C=O) groups is 1. The number of carbonyl (C=O) groups excluding carboxylic acids is 1. The SMILES string of the molecule is Cc1ccc(S(=O)(=O)N(CCc2ccccc2)CC(=O)NCc2ccc(F)cc2)cc1. The van der Waals surface area contributed by atoms with E-state index in [-0.39, 0.29) is 30.3 Å². The maximum absolute atomic E-state index is 13.2. The predicted molar refractivity (Wildman–Crippen MR) is 118 cm³/mol. The molecule has 0 aliphatic heterocycles. The van der Waals surface area contributed by atoms with Gasteiger partial charge in [0.25, 0.3) is 0 Å². The molecule has 0 aliphatic rings. The van der Waals surface area contributed by atoms with Crippen LogP contribution in [0, 0.1) is 12.7 Å². The molecule has 0 aromatic heterocycles. The standard InChI is InChI=1S/C24H25FN2O3S/c1-19-7-13-23(14-8-19)31(29,30)27(16-15-20-5-3-2-4-6-20)18-24(28)26-17-21-9-11-22(25)12-10-21/h2-14H,15-18H2,1H3,(H,26,28). The number of nitrogens with zero attached hydrogens (tertiary/aromatic N) is 1. The summed E-state index contributed by atoms with van der Waals surface area (Å²) < 4.78 is 40.7. The van der Waals surface area contributed by atoms with Gasteiger partial charge in [0, 0.05) is 13.1 Å². The predicted octanol–water partition coefficient (Wildman–Crippen LogP) is 3.68. The van der Waals surface area contributed by atoms with Crippen molar-refractivity contribution in [2.45, 2.75) is 24.8 Å². The van der Waals surface area contributed by atoms with Crippen LogP contribution in [-0.4, -0.2) is 31.7 Å². The highest BCUT2D eigenvalue weighted by atomic mass is 32.2. The Bertz CT molecular complexity index is 1100. The summed E-state index contributed by atoms with van der Waals surface area (Å²) in [6, 6.07) is 21.9. The molecule has 1 amide bonds. The first-order chi connectivity index (χ1) is 14.8. The van der Waals surface area contributed by atoms with Gasteiger partial charge in [0.05, 0.1) is 11.4 Å². The number of sulfonamides is 1. The maximum atomic E-state index is 13.2. The third-order valence-electron chi connectivity index (χ3n) is 4.87. The fourth-order valence-electron chi connectivity index (χ4n) is 3.06. The van der Waals surface area contributed by atoms with E-state index in [0.717, 1.165) is 16.7 Å². The molecule has 0 radical (unpaired) electrons. The summed E-state index contributed by atoms with van der Waals surface area (Å²) in [5, 5.41) is 2.71. The van der Waals surface area contributed by atoms with Gasteiger partial charge in [-0.25, -0.2) is 12.8 Å². The third-order valence-corrected chi connectivity index (χ3v) is 6.73. The molecule has 162 valence electrons. The number of amides is 1. The molecule has 0 fully saturated rings. The number of halogens is 1. The van der Waals surface area contributed by atoms with Crippen LogP contribution in [0.5, 0.6) is 0 Å². The molecule has 3 aromatic carbocycles. The first kappa shape index (κ1) is 22.7. The number of hydrogen-bond acceptors (Lipinski definition) is 3. The van der Waals surface area contributed by atoms with E-state index in [1.54, 1.807) is 36.4 Å². The molecule has 3 aromatic rings. The fourth-order valence-corrected chi connectivity index (χ4v) is 4.46. The van der Waals surface area contributed by atoms with E-state index in [1.807, 2.05) is 37.3 Å². The fraction of sp³-hybridized carbons (Fsp3) is 0.208. The summed E-state index contributed by atoms with van der Waals surface area (Å²) in [5.41, 5.74) is 2.66. The lowest BCUT2D eigenvalue weighted by atomic mass is 10.1. The number of benzene rings is 3. The van der Waals surface area contributed by atoms with Crippen molar-refractivity contribution in [3.05, 3.63) is 101 Å². The molecule has 31 heavy (non-hydrogen) atoms. The Morgan fingerprint density at radius 3 is 2.19 bits per heavy atom. The molecule has 0 unspecified atom stereocenters. The van der Waals surface area contributed by atoms with Crippen LogP contribution in [0.15, 0.2) is 83.8 Å². The monoisotopic (exact) mass is 440 g/mol. The average molecular weight is 441 g/mol. The first-order valence-electron chi connectivity index (χ1n) is 9.96. The molecule has 0 aliphatic carbocycles. The summed E-state index contributed by atoms with van der Waals surface area (Å²) in [7, 11) is -3.85. The third kappa shape index (κ3) is 6.47. The lowest BCUT2D eigenvalue weighted by molar-refractivity contribution is -0.121. The quantitative estimate of drug-likeness (QED) is 0.552. The van der Waals surface area contributed by atoms with Gasteiger partial charge in [0.1, 0.15) is 5.82 Å². The smallest absolute Gasteiger partial charge is 0.243 e. The Labute approximate surface area is 182 Å². The van der Waals surface area contributed by atoms with E-state index >= 15 is 0 Å². The Hall–Kier alpha value is -3.03. The van der Waals surface area contributed by atoms with E-state index in [1.165, 1.54) is 16.4 Å². The summed E-state index contributed by atoms with van der Waals surface area (Å²) in [5.74, 6) is -0.778. The Morgan fingerprint density at radius 2 is 1.55 bits per heavy atom. The molecule has 0 spiro atoms. The van der Waals surface area contributed by atoms with Gasteiger partial charge in [-0.15, -0.1) is 0 Å². The van der Waals surface area contributed by atoms with Gasteiger partial charge in [-0.05, 0) is 48.7 Å². The summed E-state index contributed by atoms with van der Waals surface area (Å²) >= 11 is 0. The number of hydrogen-bond donors (Lipinski definition) is 1. The minimum Gasteiger partial charge on any atom is -0.351 e. The summed E-state index contributed by atoms with van der Waals surface area (Å²) in [6.07, 6.45) is 0.483. The van der Waals surface area contributed by atoms with Gasteiger partial charge in [-0.3, -0.25) is 4.79 Å². The van der Waals surface area contributed by atoms with E-state index < -0.39 is 15.9 Å². The largest absolute Gasteiger partial charge is 0.351 e. The molecular formula is C24H25FN2O3S. The molecule has 0 bridgehead atoms. The second-order valence-corrected chi connectivity index (χ2v) is 9.23. The molecule has 0 saturated heterocycles. The lowest BCUT2D eigenvalue weighted by Crippen LogP contribution is -2.41. The molecule has 1 N–H and O–H groups in total. The zero-order valence-corrected chi connectivity index (χ0v) is 18.1. The van der Waals surface area contributed by atoms with Crippen LogP contribution >= 0.6 is 0 Å². The van der Waals surface area contributed by atoms with Crippen molar-refractivity contribution in [3.8, 4) is 0 Å². The zero-order chi connectivity index (χ0) is 22.3. The van der Waals surface area contributed by atoms with E-state index in [0.29, 0.717) is 6.42 Å². The highest BCUT2D eigenvalue weighted by Crippen LogP contribution is 2.17. The second-order valence-electron chi connectivity index (χ2n) is 7.29.